The third kappa shape index (κ3) is 8.93. The summed E-state index contributed by atoms with van der Waals surface area (Å²) in [5.74, 6) is 0.291. The van der Waals surface area contributed by atoms with Gasteiger partial charge in [0.25, 0.3) is 11.8 Å². The van der Waals surface area contributed by atoms with Crippen LogP contribution in [0.3, 0.4) is 0 Å². The second-order valence-corrected chi connectivity index (χ2v) is 10.1. The van der Waals surface area contributed by atoms with Crippen LogP contribution in [0.2, 0.25) is 0 Å². The lowest BCUT2D eigenvalue weighted by Gasteiger charge is -2.22. The van der Waals surface area contributed by atoms with Gasteiger partial charge in [0.05, 0.1) is 11.1 Å². The summed E-state index contributed by atoms with van der Waals surface area (Å²) in [5.41, 5.74) is 1.66. The van der Waals surface area contributed by atoms with Crippen LogP contribution < -0.4 is 20.7 Å². The maximum Gasteiger partial charge on any atom is 0.257 e. The summed E-state index contributed by atoms with van der Waals surface area (Å²) in [5, 5.41) is 8.96. The van der Waals surface area contributed by atoms with Gasteiger partial charge in [-0.05, 0) is 83.8 Å². The standard InChI is InChI=1S/C27H34BrN3O3S/c1-2-3-4-8-16-34-24-15-14-20(18-23(24)28)26(33)31-27(35)30-22-13-9-10-19(17-22)25(32)29-21-11-6-5-7-12-21/h9-10,13-15,17-18,21H,2-8,11-12,16H2,1H3,(H,29,32)(H2,30,31,33,35). The van der Waals surface area contributed by atoms with E-state index in [4.69, 9.17) is 17.0 Å². The Hall–Kier alpha value is -2.45. The molecule has 0 unspecified atom stereocenters. The molecule has 1 aliphatic rings. The molecule has 0 saturated heterocycles. The molecule has 1 saturated carbocycles. The predicted molar refractivity (Wildman–Crippen MR) is 148 cm³/mol. The van der Waals surface area contributed by atoms with Gasteiger partial charge in [-0.1, -0.05) is 51.5 Å². The molecule has 0 atom stereocenters. The lowest BCUT2D eigenvalue weighted by molar-refractivity contribution is 0.0926. The van der Waals surface area contributed by atoms with Gasteiger partial charge in [0.1, 0.15) is 5.75 Å². The van der Waals surface area contributed by atoms with E-state index in [1.807, 2.05) is 0 Å². The Balaban J connectivity index is 1.50. The summed E-state index contributed by atoms with van der Waals surface area (Å²) < 4.78 is 6.53. The molecule has 2 amide bonds. The van der Waals surface area contributed by atoms with E-state index in [1.165, 1.54) is 19.3 Å². The van der Waals surface area contributed by atoms with Gasteiger partial charge in [-0.15, -0.1) is 0 Å². The number of ether oxygens (including phenoxy) is 1. The molecule has 0 spiro atoms. The summed E-state index contributed by atoms with van der Waals surface area (Å²) in [6.45, 7) is 2.83. The van der Waals surface area contributed by atoms with E-state index in [1.54, 1.807) is 42.5 Å². The monoisotopic (exact) mass is 559 g/mol. The average molecular weight is 561 g/mol. The largest absolute Gasteiger partial charge is 0.492 e. The molecule has 1 fully saturated rings. The molecular formula is C27H34BrN3O3S. The Morgan fingerprint density at radius 1 is 1.00 bits per heavy atom. The van der Waals surface area contributed by atoms with Gasteiger partial charge >= 0.3 is 0 Å². The fourth-order valence-corrected chi connectivity index (χ4v) is 4.77. The highest BCUT2D eigenvalue weighted by molar-refractivity contribution is 9.10. The molecule has 3 rings (SSSR count). The first-order valence-corrected chi connectivity index (χ1v) is 13.6. The number of anilines is 1. The zero-order valence-electron chi connectivity index (χ0n) is 20.2. The topological polar surface area (TPSA) is 79.5 Å². The molecule has 2 aromatic rings. The van der Waals surface area contributed by atoms with Crippen LogP contribution in [0.4, 0.5) is 5.69 Å². The summed E-state index contributed by atoms with van der Waals surface area (Å²) in [6.07, 6.45) is 10.2. The minimum Gasteiger partial charge on any atom is -0.492 e. The fraction of sp³-hybridized carbons (Fsp3) is 0.444. The second kappa shape index (κ2) is 14.2. The Kier molecular flexibility index (Phi) is 11.0. The van der Waals surface area contributed by atoms with Gasteiger partial charge in [-0.3, -0.25) is 14.9 Å². The normalized spacial score (nSPS) is 13.7. The maximum absolute atomic E-state index is 12.7. The Morgan fingerprint density at radius 2 is 1.77 bits per heavy atom. The minimum atomic E-state index is -0.330. The zero-order chi connectivity index (χ0) is 25.0. The molecule has 6 nitrogen and oxygen atoms in total. The number of carbonyl (C=O) groups excluding carboxylic acids is 2. The molecule has 2 aromatic carbocycles. The molecule has 1 aliphatic carbocycles. The third-order valence-corrected chi connectivity index (χ3v) is 6.82. The van der Waals surface area contributed by atoms with Crippen LogP contribution in [0.15, 0.2) is 46.9 Å². The number of nitrogens with one attached hydrogen (secondary N) is 3. The third-order valence-electron chi connectivity index (χ3n) is 6.00. The highest BCUT2D eigenvalue weighted by Crippen LogP contribution is 2.26. The molecular weight excluding hydrogens is 526 g/mol. The van der Waals surface area contributed by atoms with E-state index in [0.29, 0.717) is 29.2 Å². The molecule has 0 radical (unpaired) electrons. The van der Waals surface area contributed by atoms with Gasteiger partial charge in [0.15, 0.2) is 5.11 Å². The van der Waals surface area contributed by atoms with Crippen molar-refractivity contribution in [2.75, 3.05) is 11.9 Å². The van der Waals surface area contributed by atoms with Crippen LogP contribution in [0, 0.1) is 0 Å². The van der Waals surface area contributed by atoms with Crippen molar-refractivity contribution in [1.29, 1.82) is 0 Å². The molecule has 0 aromatic heterocycles. The van der Waals surface area contributed by atoms with E-state index < -0.39 is 0 Å². The van der Waals surface area contributed by atoms with Gasteiger partial charge in [-0.25, -0.2) is 0 Å². The van der Waals surface area contributed by atoms with Crippen molar-refractivity contribution in [3.05, 3.63) is 58.1 Å². The first-order valence-electron chi connectivity index (χ1n) is 12.4. The van der Waals surface area contributed by atoms with Gasteiger partial charge in [-0.2, -0.15) is 0 Å². The van der Waals surface area contributed by atoms with Crippen LogP contribution in [-0.4, -0.2) is 29.6 Å². The number of unbranched alkanes of at least 4 members (excludes halogenated alkanes) is 3. The number of benzene rings is 2. The van der Waals surface area contributed by atoms with Crippen LogP contribution in [0.25, 0.3) is 0 Å². The molecule has 35 heavy (non-hydrogen) atoms. The van der Waals surface area contributed by atoms with E-state index in [0.717, 1.165) is 43.0 Å². The van der Waals surface area contributed by atoms with Crippen molar-refractivity contribution in [1.82, 2.24) is 10.6 Å². The van der Waals surface area contributed by atoms with Crippen LogP contribution in [0.5, 0.6) is 5.75 Å². The molecule has 0 aliphatic heterocycles. The first kappa shape index (κ1) is 27.1. The fourth-order valence-electron chi connectivity index (χ4n) is 4.06. The first-order chi connectivity index (χ1) is 17.0. The van der Waals surface area contributed by atoms with Crippen molar-refractivity contribution in [3.63, 3.8) is 0 Å². The summed E-state index contributed by atoms with van der Waals surface area (Å²) >= 11 is 8.81. The Bertz CT molecular complexity index is 1020. The Morgan fingerprint density at radius 3 is 2.51 bits per heavy atom. The molecule has 3 N–H and O–H groups in total. The van der Waals surface area contributed by atoms with E-state index in [-0.39, 0.29) is 23.0 Å². The summed E-state index contributed by atoms with van der Waals surface area (Å²) in [6, 6.07) is 12.6. The van der Waals surface area contributed by atoms with Crippen molar-refractivity contribution >= 4 is 50.8 Å². The number of hydrogen-bond donors (Lipinski definition) is 3. The second-order valence-electron chi connectivity index (χ2n) is 8.85. The van der Waals surface area contributed by atoms with Crippen LogP contribution in [-0.2, 0) is 0 Å². The highest BCUT2D eigenvalue weighted by Gasteiger charge is 2.17. The number of hydrogen-bond acceptors (Lipinski definition) is 4. The molecule has 188 valence electrons. The van der Waals surface area contributed by atoms with Gasteiger partial charge < -0.3 is 15.4 Å². The SMILES string of the molecule is CCCCCCOc1ccc(C(=O)NC(=S)Nc2cccc(C(=O)NC3CCCCC3)c2)cc1Br. The van der Waals surface area contributed by atoms with Crippen molar-refractivity contribution in [2.24, 2.45) is 0 Å². The smallest absolute Gasteiger partial charge is 0.257 e. The lowest BCUT2D eigenvalue weighted by Crippen LogP contribution is -2.36. The van der Waals surface area contributed by atoms with Crippen molar-refractivity contribution in [2.45, 2.75) is 70.8 Å². The zero-order valence-corrected chi connectivity index (χ0v) is 22.6. The van der Waals surface area contributed by atoms with Crippen molar-refractivity contribution < 1.29 is 14.3 Å². The quantitative estimate of drug-likeness (QED) is 0.226. The van der Waals surface area contributed by atoms with Crippen LogP contribution in [0.1, 0.15) is 85.4 Å². The summed E-state index contributed by atoms with van der Waals surface area (Å²) in [4.78, 5) is 25.3. The average Bonchev–Trinajstić information content (AvgIpc) is 2.85. The lowest BCUT2D eigenvalue weighted by atomic mass is 9.95. The highest BCUT2D eigenvalue weighted by atomic mass is 79.9. The van der Waals surface area contributed by atoms with Crippen LogP contribution >= 0.6 is 28.1 Å². The molecule has 0 heterocycles. The van der Waals surface area contributed by atoms with Gasteiger partial charge in [0, 0.05) is 22.9 Å². The number of rotatable bonds is 10. The predicted octanol–water partition coefficient (Wildman–Crippen LogP) is 6.60. The van der Waals surface area contributed by atoms with Crippen molar-refractivity contribution in [3.8, 4) is 5.75 Å². The number of carbonyl (C=O) groups is 2. The molecule has 8 heteroatoms. The summed E-state index contributed by atoms with van der Waals surface area (Å²) in [7, 11) is 0. The minimum absolute atomic E-state index is 0.0898. The van der Waals surface area contributed by atoms with E-state index in [2.05, 4.69) is 38.8 Å². The molecule has 0 bridgehead atoms. The Labute approximate surface area is 221 Å². The number of amides is 2. The van der Waals surface area contributed by atoms with E-state index in [9.17, 15) is 9.59 Å². The maximum atomic E-state index is 12.7. The number of thiocarbonyl (C=S) groups is 1. The van der Waals surface area contributed by atoms with Gasteiger partial charge in [0.2, 0.25) is 0 Å². The van der Waals surface area contributed by atoms with E-state index >= 15 is 0 Å². The number of halogens is 1.